The Morgan fingerprint density at radius 1 is 1.37 bits per heavy atom. The second-order valence-electron chi connectivity index (χ2n) is 6.90. The molecule has 0 bridgehead atoms. The molecular formula is C21H25N5O2S2. The largest absolute Gasteiger partial charge is 0.485 e. The fourth-order valence-corrected chi connectivity index (χ4v) is 4.23. The van der Waals surface area contributed by atoms with Crippen molar-refractivity contribution in [3.8, 4) is 5.75 Å². The lowest BCUT2D eigenvalue weighted by molar-refractivity contribution is -0.115. The summed E-state index contributed by atoms with van der Waals surface area (Å²) >= 11 is 2.75. The summed E-state index contributed by atoms with van der Waals surface area (Å²) < 4.78 is 7.90. The quantitative estimate of drug-likeness (QED) is 0.386. The number of amides is 1. The summed E-state index contributed by atoms with van der Waals surface area (Å²) in [6, 6.07) is 6.09. The highest BCUT2D eigenvalue weighted by molar-refractivity contribution is 8.00. The third-order valence-electron chi connectivity index (χ3n) is 4.31. The Labute approximate surface area is 184 Å². The number of aryl methyl sites for hydroxylation is 3. The Kier molecular flexibility index (Phi) is 7.28. The number of benzene rings is 1. The second-order valence-corrected chi connectivity index (χ2v) is 9.07. The van der Waals surface area contributed by atoms with Gasteiger partial charge in [0.1, 0.15) is 12.4 Å². The number of rotatable bonds is 9. The first kappa shape index (κ1) is 22.0. The molecule has 2 heterocycles. The Morgan fingerprint density at radius 3 is 2.87 bits per heavy atom. The van der Waals surface area contributed by atoms with Crippen LogP contribution in [0.1, 0.15) is 29.6 Å². The van der Waals surface area contributed by atoms with Gasteiger partial charge in [-0.15, -0.1) is 28.1 Å². The predicted octanol–water partition coefficient (Wildman–Crippen LogP) is 4.54. The molecule has 0 fully saturated rings. The number of nitrogens with zero attached hydrogens (tertiary/aromatic N) is 4. The lowest BCUT2D eigenvalue weighted by atomic mass is 10.1. The van der Waals surface area contributed by atoms with Gasteiger partial charge in [0.05, 0.1) is 10.9 Å². The Morgan fingerprint density at radius 2 is 2.17 bits per heavy atom. The molecule has 158 valence electrons. The number of anilines is 1. The number of thiazole rings is 1. The van der Waals surface area contributed by atoms with Gasteiger partial charge in [-0.25, -0.2) is 4.98 Å². The first-order valence-electron chi connectivity index (χ1n) is 9.50. The minimum Gasteiger partial charge on any atom is -0.485 e. The summed E-state index contributed by atoms with van der Waals surface area (Å²) in [6.07, 6.45) is 1.78. The standard InChI is InChI=1S/C21H25N5O2S2/c1-6-9-26-18(11-28-17-10-13(2)7-8-14(17)3)24-25-21(26)30-16(5)19(27)23-20-22-15(4)12-29-20/h6-8,10,12,16H,1,9,11H2,2-5H3,(H,22,23,27). The molecule has 3 aromatic rings. The molecule has 0 aliphatic heterocycles. The molecule has 2 aromatic heterocycles. The van der Waals surface area contributed by atoms with Crippen molar-refractivity contribution in [2.24, 2.45) is 0 Å². The van der Waals surface area contributed by atoms with Gasteiger partial charge in [0.25, 0.3) is 0 Å². The smallest absolute Gasteiger partial charge is 0.239 e. The van der Waals surface area contributed by atoms with Gasteiger partial charge in [-0.1, -0.05) is 30.0 Å². The van der Waals surface area contributed by atoms with Crippen LogP contribution in [0.5, 0.6) is 5.75 Å². The number of carbonyl (C=O) groups excluding carboxylic acids is 1. The van der Waals surface area contributed by atoms with Gasteiger partial charge >= 0.3 is 0 Å². The second kappa shape index (κ2) is 9.90. The van der Waals surface area contributed by atoms with Crippen molar-refractivity contribution in [2.45, 2.75) is 51.3 Å². The molecule has 0 saturated carbocycles. The van der Waals surface area contributed by atoms with Crippen LogP contribution >= 0.6 is 23.1 Å². The van der Waals surface area contributed by atoms with Crippen molar-refractivity contribution in [2.75, 3.05) is 5.32 Å². The third kappa shape index (κ3) is 5.48. The number of ether oxygens (including phenoxy) is 1. The van der Waals surface area contributed by atoms with Gasteiger partial charge in [-0.05, 0) is 44.9 Å². The van der Waals surface area contributed by atoms with E-state index >= 15 is 0 Å². The highest BCUT2D eigenvalue weighted by Crippen LogP contribution is 2.26. The van der Waals surface area contributed by atoms with Crippen LogP contribution in [0, 0.1) is 20.8 Å². The molecule has 0 aliphatic carbocycles. The van der Waals surface area contributed by atoms with Crippen LogP contribution in [0.25, 0.3) is 0 Å². The molecule has 0 saturated heterocycles. The van der Waals surface area contributed by atoms with Gasteiger partial charge in [0.15, 0.2) is 16.1 Å². The number of aromatic nitrogens is 4. The zero-order valence-corrected chi connectivity index (χ0v) is 19.1. The summed E-state index contributed by atoms with van der Waals surface area (Å²) in [7, 11) is 0. The van der Waals surface area contributed by atoms with E-state index < -0.39 is 0 Å². The third-order valence-corrected chi connectivity index (χ3v) is 6.26. The first-order valence-corrected chi connectivity index (χ1v) is 11.3. The van der Waals surface area contributed by atoms with Crippen molar-refractivity contribution in [1.29, 1.82) is 0 Å². The SMILES string of the molecule is C=CCn1c(COc2cc(C)ccc2C)nnc1SC(C)C(=O)Nc1nc(C)cs1. The molecule has 1 atom stereocenters. The maximum absolute atomic E-state index is 12.5. The number of thioether (sulfide) groups is 1. The summed E-state index contributed by atoms with van der Waals surface area (Å²) in [5.74, 6) is 1.38. The zero-order valence-electron chi connectivity index (χ0n) is 17.5. The normalized spacial score (nSPS) is 11.9. The van der Waals surface area contributed by atoms with E-state index in [0.29, 0.717) is 22.7 Å². The minimum atomic E-state index is -0.366. The van der Waals surface area contributed by atoms with Gasteiger partial charge in [-0.3, -0.25) is 9.36 Å². The highest BCUT2D eigenvalue weighted by atomic mass is 32.2. The molecule has 1 amide bonds. The maximum atomic E-state index is 12.5. The van der Waals surface area contributed by atoms with E-state index in [4.69, 9.17) is 4.74 Å². The average Bonchev–Trinajstić information content (AvgIpc) is 3.29. The topological polar surface area (TPSA) is 81.9 Å². The van der Waals surface area contributed by atoms with Crippen molar-refractivity contribution in [3.05, 3.63) is 58.9 Å². The molecule has 9 heteroatoms. The van der Waals surface area contributed by atoms with Crippen LogP contribution in [0.2, 0.25) is 0 Å². The molecule has 0 aliphatic rings. The van der Waals surface area contributed by atoms with Gasteiger partial charge in [0, 0.05) is 11.9 Å². The molecule has 1 unspecified atom stereocenters. The van der Waals surface area contributed by atoms with E-state index in [1.165, 1.54) is 23.1 Å². The molecule has 1 N–H and O–H groups in total. The van der Waals surface area contributed by atoms with E-state index in [9.17, 15) is 4.79 Å². The Bertz CT molecular complexity index is 1040. The summed E-state index contributed by atoms with van der Waals surface area (Å²) in [6.45, 7) is 12.4. The Balaban J connectivity index is 1.69. The molecule has 30 heavy (non-hydrogen) atoms. The average molecular weight is 444 g/mol. The van der Waals surface area contributed by atoms with Gasteiger partial charge in [-0.2, -0.15) is 0 Å². The summed E-state index contributed by atoms with van der Waals surface area (Å²) in [5.41, 5.74) is 3.08. The molecule has 3 rings (SSSR count). The maximum Gasteiger partial charge on any atom is 0.239 e. The first-order chi connectivity index (χ1) is 14.4. The number of nitrogens with one attached hydrogen (secondary N) is 1. The van der Waals surface area contributed by atoms with E-state index in [1.807, 2.05) is 49.8 Å². The fourth-order valence-electron chi connectivity index (χ4n) is 2.66. The number of allylic oxidation sites excluding steroid dienone is 1. The predicted molar refractivity (Wildman–Crippen MR) is 121 cm³/mol. The van der Waals surface area contributed by atoms with Crippen LogP contribution in [-0.4, -0.2) is 30.9 Å². The Hall–Kier alpha value is -2.65. The summed E-state index contributed by atoms with van der Waals surface area (Å²) in [5, 5.41) is 14.2. The van der Waals surface area contributed by atoms with Crippen molar-refractivity contribution >= 4 is 34.1 Å². The van der Waals surface area contributed by atoms with Crippen molar-refractivity contribution in [1.82, 2.24) is 19.7 Å². The zero-order chi connectivity index (χ0) is 21.7. The number of carbonyl (C=O) groups is 1. The molecule has 7 nitrogen and oxygen atoms in total. The van der Waals surface area contributed by atoms with E-state index in [1.54, 1.807) is 6.08 Å². The molecular weight excluding hydrogens is 418 g/mol. The molecule has 1 aromatic carbocycles. The van der Waals surface area contributed by atoms with Crippen LogP contribution < -0.4 is 10.1 Å². The number of hydrogen-bond donors (Lipinski definition) is 1. The fraction of sp³-hybridized carbons (Fsp3) is 0.333. The van der Waals surface area contributed by atoms with Crippen molar-refractivity contribution < 1.29 is 9.53 Å². The summed E-state index contributed by atoms with van der Waals surface area (Å²) in [4.78, 5) is 16.8. The molecule has 0 radical (unpaired) electrons. The van der Waals surface area contributed by atoms with Crippen LogP contribution in [0.4, 0.5) is 5.13 Å². The van der Waals surface area contributed by atoms with E-state index in [0.717, 1.165) is 22.6 Å². The van der Waals surface area contributed by atoms with Gasteiger partial charge < -0.3 is 10.1 Å². The highest BCUT2D eigenvalue weighted by Gasteiger charge is 2.21. The monoisotopic (exact) mass is 443 g/mol. The minimum absolute atomic E-state index is 0.129. The lowest BCUT2D eigenvalue weighted by Gasteiger charge is -2.13. The van der Waals surface area contributed by atoms with E-state index in [2.05, 4.69) is 33.1 Å². The van der Waals surface area contributed by atoms with Gasteiger partial charge in [0.2, 0.25) is 5.91 Å². The molecule has 0 spiro atoms. The van der Waals surface area contributed by atoms with Crippen LogP contribution in [-0.2, 0) is 17.9 Å². The van der Waals surface area contributed by atoms with Crippen LogP contribution in [0.3, 0.4) is 0 Å². The number of hydrogen-bond acceptors (Lipinski definition) is 7. The van der Waals surface area contributed by atoms with E-state index in [-0.39, 0.29) is 17.8 Å². The van der Waals surface area contributed by atoms with Crippen LogP contribution in [0.15, 0.2) is 41.4 Å². The van der Waals surface area contributed by atoms with Crippen molar-refractivity contribution in [3.63, 3.8) is 0 Å². The lowest BCUT2D eigenvalue weighted by Crippen LogP contribution is -2.23.